The van der Waals surface area contributed by atoms with Crippen molar-refractivity contribution in [1.29, 1.82) is 0 Å². The lowest BCUT2D eigenvalue weighted by atomic mass is 9.96. The first-order chi connectivity index (χ1) is 13.7. The number of hydrogen-bond acceptors (Lipinski definition) is 3. The predicted molar refractivity (Wildman–Crippen MR) is 117 cm³/mol. The molecule has 0 aromatic heterocycles. The van der Waals surface area contributed by atoms with E-state index in [1.807, 2.05) is 12.1 Å². The molecule has 0 amide bonds. The summed E-state index contributed by atoms with van der Waals surface area (Å²) in [5.74, 6) is 2.33. The van der Waals surface area contributed by atoms with Gasteiger partial charge in [0.1, 0.15) is 0 Å². The average Bonchev–Trinajstić information content (AvgIpc) is 3.21. The van der Waals surface area contributed by atoms with Gasteiger partial charge in [-0.25, -0.2) is 0 Å². The van der Waals surface area contributed by atoms with Gasteiger partial charge >= 0.3 is 0 Å². The molecule has 0 saturated carbocycles. The minimum absolute atomic E-state index is 0.627. The van der Waals surface area contributed by atoms with Crippen molar-refractivity contribution in [1.82, 2.24) is 15.1 Å². The average molecular weight is 407 g/mol. The molecule has 2 aliphatic rings. The van der Waals surface area contributed by atoms with Crippen LogP contribution in [0.15, 0.2) is 29.3 Å². The Labute approximate surface area is 175 Å². The number of likely N-dealkylation sites (tertiary alicyclic amines) is 1. The molecule has 1 atom stereocenters. The zero-order valence-electron chi connectivity index (χ0n) is 17.4. The molecule has 2 aliphatic heterocycles. The van der Waals surface area contributed by atoms with Crippen molar-refractivity contribution in [2.24, 2.45) is 16.8 Å². The summed E-state index contributed by atoms with van der Waals surface area (Å²) in [4.78, 5) is 9.74. The summed E-state index contributed by atoms with van der Waals surface area (Å²) in [6, 6.07) is 8.18. The predicted octanol–water partition coefficient (Wildman–Crippen LogP) is 3.49. The molecule has 5 nitrogen and oxygen atoms in total. The summed E-state index contributed by atoms with van der Waals surface area (Å²) in [6.07, 6.45) is 3.56. The van der Waals surface area contributed by atoms with E-state index < -0.39 is 0 Å². The second-order valence-electron chi connectivity index (χ2n) is 8.12. The Bertz CT molecular complexity index is 625. The maximum absolute atomic E-state index is 6.31. The smallest absolute Gasteiger partial charge is 0.193 e. The Morgan fingerprint density at radius 2 is 2.04 bits per heavy atom. The summed E-state index contributed by atoms with van der Waals surface area (Å²) in [5, 5.41) is 4.33. The lowest BCUT2D eigenvalue weighted by molar-refractivity contribution is 0.179. The molecule has 1 aromatic rings. The number of halogens is 1. The van der Waals surface area contributed by atoms with Crippen molar-refractivity contribution < 1.29 is 4.74 Å². The largest absolute Gasteiger partial charge is 0.381 e. The standard InChI is InChI=1S/C22H35ClN4O/c1-3-24-22(26(2)15-19-10-13-28-17-19)25-14-18-8-11-27(12-9-18)16-20-6-4-5-7-21(20)23/h4-7,18-19H,3,8-17H2,1-2H3,(H,24,25). The third kappa shape index (κ3) is 6.36. The molecule has 2 heterocycles. The van der Waals surface area contributed by atoms with E-state index in [1.165, 1.54) is 18.4 Å². The van der Waals surface area contributed by atoms with Gasteiger partial charge in [0.15, 0.2) is 5.96 Å². The first-order valence-corrected chi connectivity index (χ1v) is 11.1. The van der Waals surface area contributed by atoms with E-state index in [0.717, 1.165) is 69.9 Å². The van der Waals surface area contributed by atoms with Crippen LogP contribution in [0.2, 0.25) is 5.02 Å². The van der Waals surface area contributed by atoms with E-state index in [2.05, 4.69) is 41.2 Å². The van der Waals surface area contributed by atoms with Crippen LogP contribution in [0.4, 0.5) is 0 Å². The lowest BCUT2D eigenvalue weighted by Gasteiger charge is -2.32. The molecule has 1 unspecified atom stereocenters. The van der Waals surface area contributed by atoms with Crippen LogP contribution in [0, 0.1) is 11.8 Å². The van der Waals surface area contributed by atoms with Crippen molar-refractivity contribution >= 4 is 17.6 Å². The first kappa shape index (κ1) is 21.4. The minimum atomic E-state index is 0.627. The zero-order valence-corrected chi connectivity index (χ0v) is 18.1. The number of benzene rings is 1. The van der Waals surface area contributed by atoms with E-state index in [1.54, 1.807) is 0 Å². The van der Waals surface area contributed by atoms with Gasteiger partial charge in [-0.3, -0.25) is 9.89 Å². The van der Waals surface area contributed by atoms with E-state index in [9.17, 15) is 0 Å². The van der Waals surface area contributed by atoms with E-state index in [0.29, 0.717) is 11.8 Å². The van der Waals surface area contributed by atoms with Gasteiger partial charge in [0.2, 0.25) is 0 Å². The number of ether oxygens (including phenoxy) is 1. The van der Waals surface area contributed by atoms with Crippen LogP contribution in [0.1, 0.15) is 31.7 Å². The topological polar surface area (TPSA) is 40.1 Å². The molecule has 3 rings (SSSR count). The fourth-order valence-corrected chi connectivity index (χ4v) is 4.28. The molecule has 156 valence electrons. The molecule has 2 fully saturated rings. The highest BCUT2D eigenvalue weighted by molar-refractivity contribution is 6.31. The maximum Gasteiger partial charge on any atom is 0.193 e. The quantitative estimate of drug-likeness (QED) is 0.555. The monoisotopic (exact) mass is 406 g/mol. The molecular weight excluding hydrogens is 372 g/mol. The van der Waals surface area contributed by atoms with Crippen molar-refractivity contribution in [2.75, 3.05) is 53.0 Å². The van der Waals surface area contributed by atoms with Gasteiger partial charge in [-0.2, -0.15) is 0 Å². The Hall–Kier alpha value is -1.30. The Kier molecular flexibility index (Phi) is 8.44. The van der Waals surface area contributed by atoms with Crippen LogP contribution < -0.4 is 5.32 Å². The van der Waals surface area contributed by atoms with Crippen molar-refractivity contribution in [3.63, 3.8) is 0 Å². The highest BCUT2D eigenvalue weighted by atomic mass is 35.5. The van der Waals surface area contributed by atoms with Crippen LogP contribution >= 0.6 is 11.6 Å². The number of nitrogens with zero attached hydrogens (tertiary/aromatic N) is 3. The van der Waals surface area contributed by atoms with Crippen LogP contribution in [0.5, 0.6) is 0 Å². The van der Waals surface area contributed by atoms with Gasteiger partial charge in [0.25, 0.3) is 0 Å². The van der Waals surface area contributed by atoms with Gasteiger partial charge < -0.3 is 15.0 Å². The number of nitrogens with one attached hydrogen (secondary N) is 1. The van der Waals surface area contributed by atoms with Crippen LogP contribution in [0.25, 0.3) is 0 Å². The summed E-state index contributed by atoms with van der Waals surface area (Å²) < 4.78 is 5.51. The highest BCUT2D eigenvalue weighted by Gasteiger charge is 2.21. The molecule has 0 radical (unpaired) electrons. The number of hydrogen-bond donors (Lipinski definition) is 1. The van der Waals surface area contributed by atoms with E-state index in [4.69, 9.17) is 21.3 Å². The molecular formula is C22H35ClN4O. The number of guanidine groups is 1. The number of rotatable bonds is 7. The van der Waals surface area contributed by atoms with Gasteiger partial charge in [0, 0.05) is 50.8 Å². The van der Waals surface area contributed by atoms with Crippen LogP contribution in [-0.2, 0) is 11.3 Å². The Morgan fingerprint density at radius 3 is 2.71 bits per heavy atom. The molecule has 28 heavy (non-hydrogen) atoms. The highest BCUT2D eigenvalue weighted by Crippen LogP contribution is 2.22. The second kappa shape index (κ2) is 11.0. The minimum Gasteiger partial charge on any atom is -0.381 e. The van der Waals surface area contributed by atoms with Gasteiger partial charge in [-0.1, -0.05) is 29.8 Å². The summed E-state index contributed by atoms with van der Waals surface area (Å²) >= 11 is 6.31. The SMILES string of the molecule is CCNC(=NCC1CCN(Cc2ccccc2Cl)CC1)N(C)CC1CCOC1. The molecule has 2 saturated heterocycles. The molecule has 0 spiro atoms. The van der Waals surface area contributed by atoms with Gasteiger partial charge in [0.05, 0.1) is 6.61 Å². The summed E-state index contributed by atoms with van der Waals surface area (Å²) in [6.45, 7) is 9.94. The third-order valence-electron chi connectivity index (χ3n) is 5.81. The zero-order chi connectivity index (χ0) is 19.8. The third-order valence-corrected chi connectivity index (χ3v) is 6.18. The first-order valence-electron chi connectivity index (χ1n) is 10.7. The molecule has 1 aromatic carbocycles. The normalized spacial score (nSPS) is 21.8. The molecule has 1 N–H and O–H groups in total. The van der Waals surface area contributed by atoms with Crippen molar-refractivity contribution in [3.05, 3.63) is 34.9 Å². The van der Waals surface area contributed by atoms with Crippen LogP contribution in [-0.4, -0.2) is 68.7 Å². The Balaban J connectivity index is 1.45. The van der Waals surface area contributed by atoms with E-state index in [-0.39, 0.29) is 0 Å². The van der Waals surface area contributed by atoms with Crippen molar-refractivity contribution in [2.45, 2.75) is 32.7 Å². The van der Waals surface area contributed by atoms with Crippen molar-refractivity contribution in [3.8, 4) is 0 Å². The second-order valence-corrected chi connectivity index (χ2v) is 8.52. The number of aliphatic imine (C=N–C) groups is 1. The lowest BCUT2D eigenvalue weighted by Crippen LogP contribution is -2.42. The summed E-state index contributed by atoms with van der Waals surface area (Å²) in [7, 11) is 2.14. The number of piperidine rings is 1. The molecule has 6 heteroatoms. The Morgan fingerprint density at radius 1 is 1.25 bits per heavy atom. The summed E-state index contributed by atoms with van der Waals surface area (Å²) in [5.41, 5.74) is 1.23. The fourth-order valence-electron chi connectivity index (χ4n) is 4.08. The maximum atomic E-state index is 6.31. The van der Waals surface area contributed by atoms with Gasteiger partial charge in [-0.15, -0.1) is 0 Å². The van der Waals surface area contributed by atoms with Gasteiger partial charge in [-0.05, 0) is 56.8 Å². The van der Waals surface area contributed by atoms with E-state index >= 15 is 0 Å². The molecule has 0 aliphatic carbocycles. The fraction of sp³-hybridized carbons (Fsp3) is 0.682. The van der Waals surface area contributed by atoms with Crippen LogP contribution in [0.3, 0.4) is 0 Å². The molecule has 0 bridgehead atoms.